The van der Waals surface area contributed by atoms with Crippen LogP contribution in [0.2, 0.25) is 0 Å². The molecule has 0 unspecified atom stereocenters. The molecule has 3 rings (SSSR count). The molecule has 0 radical (unpaired) electrons. The minimum absolute atomic E-state index is 0.0646. The topological polar surface area (TPSA) is 55.1 Å². The molecule has 1 N–H and O–H groups in total. The number of aromatic nitrogens is 2. The number of carbonyl (C=O) groups is 1. The van der Waals surface area contributed by atoms with Crippen LogP contribution in [0.3, 0.4) is 0 Å². The molecule has 4 nitrogen and oxygen atoms in total. The van der Waals surface area contributed by atoms with Crippen LogP contribution in [0.5, 0.6) is 0 Å². The molecule has 19 heavy (non-hydrogen) atoms. The maximum absolute atomic E-state index is 10.8. The molecule has 1 heterocycles. The van der Waals surface area contributed by atoms with Crippen molar-refractivity contribution in [1.82, 2.24) is 9.55 Å². The maximum atomic E-state index is 10.8. The first-order valence-corrected chi connectivity index (χ1v) is 7.47. The van der Waals surface area contributed by atoms with Crippen molar-refractivity contribution < 1.29 is 9.90 Å². The van der Waals surface area contributed by atoms with Crippen LogP contribution in [-0.2, 0) is 4.79 Å². The Balaban J connectivity index is 2.09. The van der Waals surface area contributed by atoms with Crippen LogP contribution < -0.4 is 0 Å². The summed E-state index contributed by atoms with van der Waals surface area (Å²) in [6, 6.07) is 6.58. The van der Waals surface area contributed by atoms with Gasteiger partial charge in [0.2, 0.25) is 0 Å². The molecule has 1 aromatic carbocycles. The third kappa shape index (κ3) is 2.23. The fourth-order valence-corrected chi connectivity index (χ4v) is 3.31. The highest BCUT2D eigenvalue weighted by molar-refractivity contribution is 7.99. The Labute approximate surface area is 115 Å². The van der Waals surface area contributed by atoms with Gasteiger partial charge in [0.1, 0.15) is 0 Å². The second-order valence-corrected chi connectivity index (χ2v) is 5.92. The number of para-hydroxylation sites is 1. The summed E-state index contributed by atoms with van der Waals surface area (Å²) >= 11 is 1.32. The summed E-state index contributed by atoms with van der Waals surface area (Å²) in [4.78, 5) is 15.4. The van der Waals surface area contributed by atoms with Gasteiger partial charge in [0.25, 0.3) is 0 Å². The van der Waals surface area contributed by atoms with Crippen LogP contribution in [0, 0.1) is 6.92 Å². The fourth-order valence-electron chi connectivity index (χ4n) is 2.51. The number of hydrogen-bond donors (Lipinski definition) is 1. The first-order chi connectivity index (χ1) is 9.16. The Kier molecular flexibility index (Phi) is 3.22. The number of thioether (sulfide) groups is 1. The Bertz CT molecular complexity index is 632. The first-order valence-electron chi connectivity index (χ1n) is 6.49. The van der Waals surface area contributed by atoms with Crippen molar-refractivity contribution in [2.24, 2.45) is 0 Å². The number of aliphatic carboxylic acids is 1. The highest BCUT2D eigenvalue weighted by Gasteiger charge is 2.25. The SMILES string of the molecule is Cc1cccc2nc(SCC(=O)O)n(C3CCC3)c12. The lowest BCUT2D eigenvalue weighted by molar-refractivity contribution is -0.133. The molecule has 100 valence electrons. The molecule has 0 spiro atoms. The molecule has 0 atom stereocenters. The average Bonchev–Trinajstić information content (AvgIpc) is 2.65. The number of benzene rings is 1. The van der Waals surface area contributed by atoms with E-state index in [-0.39, 0.29) is 5.75 Å². The van der Waals surface area contributed by atoms with Crippen molar-refractivity contribution in [2.45, 2.75) is 37.4 Å². The fraction of sp³-hybridized carbons (Fsp3) is 0.429. The van der Waals surface area contributed by atoms with Crippen molar-refractivity contribution in [3.05, 3.63) is 23.8 Å². The summed E-state index contributed by atoms with van der Waals surface area (Å²) in [7, 11) is 0. The standard InChI is InChI=1S/C14H16N2O2S/c1-9-4-2-7-11-13(9)16(10-5-3-6-10)14(15-11)19-8-12(17)18/h2,4,7,10H,3,5-6,8H2,1H3,(H,17,18). The predicted octanol–water partition coefficient (Wildman–Crippen LogP) is 3.25. The first kappa shape index (κ1) is 12.5. The summed E-state index contributed by atoms with van der Waals surface area (Å²) < 4.78 is 2.25. The lowest BCUT2D eigenvalue weighted by Crippen LogP contribution is -2.18. The average molecular weight is 276 g/mol. The van der Waals surface area contributed by atoms with E-state index in [0.29, 0.717) is 6.04 Å². The Morgan fingerprint density at radius 1 is 1.53 bits per heavy atom. The van der Waals surface area contributed by atoms with Gasteiger partial charge in [0, 0.05) is 6.04 Å². The Morgan fingerprint density at radius 2 is 2.32 bits per heavy atom. The van der Waals surface area contributed by atoms with E-state index in [4.69, 9.17) is 5.11 Å². The zero-order chi connectivity index (χ0) is 13.4. The van der Waals surface area contributed by atoms with Crippen LogP contribution in [0.25, 0.3) is 11.0 Å². The number of aryl methyl sites for hydroxylation is 1. The minimum Gasteiger partial charge on any atom is -0.481 e. The molecule has 0 aliphatic heterocycles. The lowest BCUT2D eigenvalue weighted by atomic mass is 9.92. The van der Waals surface area contributed by atoms with Gasteiger partial charge in [-0.25, -0.2) is 4.98 Å². The highest BCUT2D eigenvalue weighted by atomic mass is 32.2. The summed E-state index contributed by atoms with van der Waals surface area (Å²) in [5.74, 6) is -0.733. The number of carboxylic acid groups (broad SMARTS) is 1. The molecule has 1 aliphatic carbocycles. The van der Waals surface area contributed by atoms with Gasteiger partial charge in [-0.2, -0.15) is 0 Å². The van der Waals surface area contributed by atoms with Crippen LogP contribution >= 0.6 is 11.8 Å². The lowest BCUT2D eigenvalue weighted by Gasteiger charge is -2.29. The summed E-state index contributed by atoms with van der Waals surface area (Å²) in [6.07, 6.45) is 3.58. The van der Waals surface area contributed by atoms with Crippen molar-refractivity contribution >= 4 is 28.8 Å². The van der Waals surface area contributed by atoms with E-state index in [1.165, 1.54) is 42.1 Å². The Hall–Kier alpha value is -1.49. The minimum atomic E-state index is -0.797. The van der Waals surface area contributed by atoms with Crippen molar-refractivity contribution in [2.75, 3.05) is 5.75 Å². The van der Waals surface area contributed by atoms with Gasteiger partial charge in [0.15, 0.2) is 5.16 Å². The van der Waals surface area contributed by atoms with Crippen LogP contribution in [0.4, 0.5) is 0 Å². The van der Waals surface area contributed by atoms with Gasteiger partial charge in [-0.3, -0.25) is 4.79 Å². The van der Waals surface area contributed by atoms with E-state index in [2.05, 4.69) is 22.5 Å². The highest BCUT2D eigenvalue weighted by Crippen LogP contribution is 2.38. The molecule has 1 aliphatic rings. The third-order valence-corrected chi connectivity index (χ3v) is 4.58. The number of nitrogens with zero attached hydrogens (tertiary/aromatic N) is 2. The summed E-state index contributed by atoms with van der Waals surface area (Å²) in [5, 5.41) is 9.69. The normalized spacial score (nSPS) is 15.6. The molecular weight excluding hydrogens is 260 g/mol. The number of rotatable bonds is 4. The van der Waals surface area contributed by atoms with E-state index < -0.39 is 5.97 Å². The van der Waals surface area contributed by atoms with Gasteiger partial charge in [0.05, 0.1) is 16.8 Å². The molecule has 0 amide bonds. The predicted molar refractivity (Wildman–Crippen MR) is 75.7 cm³/mol. The maximum Gasteiger partial charge on any atom is 0.313 e. The van der Waals surface area contributed by atoms with E-state index in [0.717, 1.165) is 10.7 Å². The Morgan fingerprint density at radius 3 is 2.95 bits per heavy atom. The molecular formula is C14H16N2O2S. The van der Waals surface area contributed by atoms with Crippen LogP contribution in [0.15, 0.2) is 23.4 Å². The monoisotopic (exact) mass is 276 g/mol. The molecule has 0 saturated heterocycles. The number of hydrogen-bond acceptors (Lipinski definition) is 3. The molecule has 1 fully saturated rings. The molecule has 1 aromatic heterocycles. The van der Waals surface area contributed by atoms with Crippen LogP contribution in [0.1, 0.15) is 30.9 Å². The van der Waals surface area contributed by atoms with E-state index in [1.54, 1.807) is 0 Å². The van der Waals surface area contributed by atoms with E-state index in [1.807, 2.05) is 12.1 Å². The molecule has 1 saturated carbocycles. The van der Waals surface area contributed by atoms with Crippen molar-refractivity contribution in [3.63, 3.8) is 0 Å². The second-order valence-electron chi connectivity index (χ2n) is 4.97. The third-order valence-electron chi connectivity index (χ3n) is 3.64. The van der Waals surface area contributed by atoms with Crippen molar-refractivity contribution in [1.29, 1.82) is 0 Å². The van der Waals surface area contributed by atoms with E-state index >= 15 is 0 Å². The number of imidazole rings is 1. The second kappa shape index (κ2) is 4.89. The summed E-state index contributed by atoms with van der Waals surface area (Å²) in [6.45, 7) is 2.09. The number of carboxylic acids is 1. The molecule has 5 heteroatoms. The van der Waals surface area contributed by atoms with Gasteiger partial charge in [-0.05, 0) is 37.8 Å². The number of fused-ring (bicyclic) bond motifs is 1. The van der Waals surface area contributed by atoms with Gasteiger partial charge in [-0.1, -0.05) is 23.9 Å². The van der Waals surface area contributed by atoms with E-state index in [9.17, 15) is 4.79 Å². The quantitative estimate of drug-likeness (QED) is 0.871. The largest absolute Gasteiger partial charge is 0.481 e. The van der Waals surface area contributed by atoms with Crippen LogP contribution in [-0.4, -0.2) is 26.4 Å². The zero-order valence-electron chi connectivity index (χ0n) is 10.8. The zero-order valence-corrected chi connectivity index (χ0v) is 11.6. The molecule has 2 aromatic rings. The van der Waals surface area contributed by atoms with Gasteiger partial charge < -0.3 is 9.67 Å². The van der Waals surface area contributed by atoms with Crippen molar-refractivity contribution in [3.8, 4) is 0 Å². The smallest absolute Gasteiger partial charge is 0.313 e. The van der Waals surface area contributed by atoms with Gasteiger partial charge in [-0.15, -0.1) is 0 Å². The van der Waals surface area contributed by atoms with Gasteiger partial charge >= 0.3 is 5.97 Å². The summed E-state index contributed by atoms with van der Waals surface area (Å²) in [5.41, 5.74) is 3.35. The molecule has 0 bridgehead atoms.